The summed E-state index contributed by atoms with van der Waals surface area (Å²) < 4.78 is 13.6. The van der Waals surface area contributed by atoms with Gasteiger partial charge in [-0.2, -0.15) is 0 Å². The molecule has 0 bridgehead atoms. The van der Waals surface area contributed by atoms with Crippen molar-refractivity contribution in [1.29, 1.82) is 0 Å². The molecule has 1 aliphatic rings. The van der Waals surface area contributed by atoms with Crippen LogP contribution in [-0.2, 0) is 9.59 Å². The molecule has 0 radical (unpaired) electrons. The SMILES string of the molecule is CC(C(=O)Nc1ccccc1F)N1CCN(CC(=O)N(C)C)CC1. The number of likely N-dealkylation sites (N-methyl/N-ethyl adjacent to an activating group) is 1. The minimum atomic E-state index is -0.440. The molecule has 132 valence electrons. The van der Waals surface area contributed by atoms with Gasteiger partial charge in [0.25, 0.3) is 0 Å². The summed E-state index contributed by atoms with van der Waals surface area (Å²) in [5.41, 5.74) is 0.199. The summed E-state index contributed by atoms with van der Waals surface area (Å²) in [6, 6.07) is 5.79. The fourth-order valence-electron chi connectivity index (χ4n) is 2.61. The average molecular weight is 336 g/mol. The molecule has 0 aliphatic carbocycles. The van der Waals surface area contributed by atoms with Crippen LogP contribution in [0.15, 0.2) is 24.3 Å². The molecule has 2 rings (SSSR count). The Labute approximate surface area is 142 Å². The van der Waals surface area contributed by atoms with E-state index in [2.05, 4.69) is 10.2 Å². The highest BCUT2D eigenvalue weighted by atomic mass is 19.1. The maximum atomic E-state index is 13.6. The largest absolute Gasteiger partial charge is 0.348 e. The molecule has 1 aromatic carbocycles. The second-order valence-electron chi connectivity index (χ2n) is 6.25. The van der Waals surface area contributed by atoms with E-state index < -0.39 is 5.82 Å². The van der Waals surface area contributed by atoms with Crippen molar-refractivity contribution in [3.63, 3.8) is 0 Å². The fourth-order valence-corrected chi connectivity index (χ4v) is 2.61. The Hall–Kier alpha value is -1.99. The molecule has 1 saturated heterocycles. The van der Waals surface area contributed by atoms with Crippen LogP contribution in [0.3, 0.4) is 0 Å². The zero-order valence-electron chi connectivity index (χ0n) is 14.5. The first kappa shape index (κ1) is 18.4. The molecule has 1 aliphatic heterocycles. The first-order chi connectivity index (χ1) is 11.4. The number of hydrogen-bond donors (Lipinski definition) is 1. The summed E-state index contributed by atoms with van der Waals surface area (Å²) in [5.74, 6) is -0.586. The molecule has 1 N–H and O–H groups in total. The number of amides is 2. The van der Waals surface area contributed by atoms with Gasteiger partial charge in [0, 0.05) is 40.3 Å². The number of hydrogen-bond acceptors (Lipinski definition) is 4. The van der Waals surface area contributed by atoms with E-state index in [0.717, 1.165) is 13.1 Å². The van der Waals surface area contributed by atoms with E-state index >= 15 is 0 Å². The van der Waals surface area contributed by atoms with Crippen molar-refractivity contribution in [3.8, 4) is 0 Å². The summed E-state index contributed by atoms with van der Waals surface area (Å²) in [4.78, 5) is 29.8. The molecule has 1 heterocycles. The first-order valence-electron chi connectivity index (χ1n) is 8.10. The number of benzene rings is 1. The zero-order chi connectivity index (χ0) is 17.7. The Balaban J connectivity index is 1.84. The second-order valence-corrected chi connectivity index (χ2v) is 6.25. The van der Waals surface area contributed by atoms with Crippen LogP contribution in [0.2, 0.25) is 0 Å². The topological polar surface area (TPSA) is 55.9 Å². The molecule has 24 heavy (non-hydrogen) atoms. The lowest BCUT2D eigenvalue weighted by atomic mass is 10.2. The van der Waals surface area contributed by atoms with Gasteiger partial charge in [0.15, 0.2) is 0 Å². The van der Waals surface area contributed by atoms with Crippen LogP contribution in [0, 0.1) is 5.82 Å². The van der Waals surface area contributed by atoms with E-state index in [1.54, 1.807) is 37.2 Å². The Morgan fingerprint density at radius 2 is 1.83 bits per heavy atom. The molecule has 1 unspecified atom stereocenters. The summed E-state index contributed by atoms with van der Waals surface area (Å²) in [5, 5.41) is 2.64. The summed E-state index contributed by atoms with van der Waals surface area (Å²) >= 11 is 0. The molecule has 1 aromatic rings. The maximum Gasteiger partial charge on any atom is 0.241 e. The lowest BCUT2D eigenvalue weighted by Gasteiger charge is -2.37. The number of nitrogens with one attached hydrogen (secondary N) is 1. The number of anilines is 1. The Morgan fingerprint density at radius 3 is 2.42 bits per heavy atom. The second kappa shape index (κ2) is 8.21. The molecular weight excluding hydrogens is 311 g/mol. The van der Waals surface area contributed by atoms with Crippen molar-refractivity contribution in [2.75, 3.05) is 52.1 Å². The van der Waals surface area contributed by atoms with Gasteiger partial charge in [-0.25, -0.2) is 4.39 Å². The third-order valence-corrected chi connectivity index (χ3v) is 4.32. The number of nitrogens with zero attached hydrogens (tertiary/aromatic N) is 3. The van der Waals surface area contributed by atoms with Crippen molar-refractivity contribution in [1.82, 2.24) is 14.7 Å². The molecule has 1 fully saturated rings. The molecule has 0 spiro atoms. The number of piperazine rings is 1. The maximum absolute atomic E-state index is 13.6. The van der Waals surface area contributed by atoms with Gasteiger partial charge in [0.05, 0.1) is 18.3 Å². The van der Waals surface area contributed by atoms with Crippen molar-refractivity contribution in [2.45, 2.75) is 13.0 Å². The monoisotopic (exact) mass is 336 g/mol. The lowest BCUT2D eigenvalue weighted by molar-refractivity contribution is -0.131. The highest BCUT2D eigenvalue weighted by Crippen LogP contribution is 2.14. The number of rotatable bonds is 5. The standard InChI is InChI=1S/C17H25FN4O2/c1-13(17(24)19-15-7-5-4-6-14(15)18)22-10-8-21(9-11-22)12-16(23)20(2)3/h4-7,13H,8-12H2,1-3H3,(H,19,24). The van der Waals surface area contributed by atoms with Gasteiger partial charge in [0.1, 0.15) is 5.82 Å². The molecule has 6 nitrogen and oxygen atoms in total. The van der Waals surface area contributed by atoms with Gasteiger partial charge < -0.3 is 10.2 Å². The lowest BCUT2D eigenvalue weighted by Crippen LogP contribution is -2.54. The third-order valence-electron chi connectivity index (χ3n) is 4.32. The van der Waals surface area contributed by atoms with Crippen LogP contribution in [-0.4, -0.2) is 79.4 Å². The molecule has 0 saturated carbocycles. The molecule has 1 atom stereocenters. The molecule has 0 aromatic heterocycles. The van der Waals surface area contributed by atoms with E-state index in [9.17, 15) is 14.0 Å². The van der Waals surface area contributed by atoms with E-state index in [1.165, 1.54) is 6.07 Å². The van der Waals surface area contributed by atoms with E-state index in [-0.39, 0.29) is 23.5 Å². The Bertz CT molecular complexity index is 586. The highest BCUT2D eigenvalue weighted by molar-refractivity contribution is 5.94. The van der Waals surface area contributed by atoms with Crippen LogP contribution in [0.1, 0.15) is 6.92 Å². The van der Waals surface area contributed by atoms with Crippen LogP contribution >= 0.6 is 0 Å². The van der Waals surface area contributed by atoms with E-state index in [1.807, 2.05) is 11.8 Å². The van der Waals surface area contributed by atoms with Crippen molar-refractivity contribution in [3.05, 3.63) is 30.1 Å². The Kier molecular flexibility index (Phi) is 6.28. The number of carbonyl (C=O) groups is 2. The van der Waals surface area contributed by atoms with Gasteiger partial charge in [-0.05, 0) is 19.1 Å². The van der Waals surface area contributed by atoms with E-state index in [0.29, 0.717) is 19.6 Å². The molecule has 2 amide bonds. The van der Waals surface area contributed by atoms with Gasteiger partial charge in [-0.3, -0.25) is 19.4 Å². The first-order valence-corrected chi connectivity index (χ1v) is 8.10. The fraction of sp³-hybridized carbons (Fsp3) is 0.529. The van der Waals surface area contributed by atoms with Crippen molar-refractivity contribution >= 4 is 17.5 Å². The third kappa shape index (κ3) is 4.75. The van der Waals surface area contributed by atoms with Crippen molar-refractivity contribution < 1.29 is 14.0 Å². The number of halogens is 1. The van der Waals surface area contributed by atoms with Crippen LogP contribution in [0.4, 0.5) is 10.1 Å². The normalized spacial score (nSPS) is 17.3. The average Bonchev–Trinajstić information content (AvgIpc) is 2.56. The summed E-state index contributed by atoms with van der Waals surface area (Å²) in [6.07, 6.45) is 0. The predicted octanol–water partition coefficient (Wildman–Crippen LogP) is 0.858. The van der Waals surface area contributed by atoms with E-state index in [4.69, 9.17) is 0 Å². The predicted molar refractivity (Wildman–Crippen MR) is 91.2 cm³/mol. The van der Waals surface area contributed by atoms with Gasteiger partial charge in [-0.1, -0.05) is 12.1 Å². The van der Waals surface area contributed by atoms with Crippen LogP contribution < -0.4 is 5.32 Å². The van der Waals surface area contributed by atoms with Gasteiger partial charge in [-0.15, -0.1) is 0 Å². The molecular formula is C17H25FN4O2. The summed E-state index contributed by atoms with van der Waals surface area (Å²) in [7, 11) is 3.49. The number of para-hydroxylation sites is 1. The summed E-state index contributed by atoms with van der Waals surface area (Å²) in [6.45, 7) is 5.08. The van der Waals surface area contributed by atoms with Gasteiger partial charge >= 0.3 is 0 Å². The smallest absolute Gasteiger partial charge is 0.241 e. The van der Waals surface area contributed by atoms with Crippen LogP contribution in [0.25, 0.3) is 0 Å². The van der Waals surface area contributed by atoms with Crippen LogP contribution in [0.5, 0.6) is 0 Å². The quantitative estimate of drug-likeness (QED) is 0.866. The Morgan fingerprint density at radius 1 is 1.21 bits per heavy atom. The van der Waals surface area contributed by atoms with Crippen molar-refractivity contribution in [2.24, 2.45) is 0 Å². The molecule has 7 heteroatoms. The minimum Gasteiger partial charge on any atom is -0.348 e. The number of carbonyl (C=O) groups excluding carboxylic acids is 2. The minimum absolute atomic E-state index is 0.0776. The zero-order valence-corrected chi connectivity index (χ0v) is 14.5. The van der Waals surface area contributed by atoms with Gasteiger partial charge in [0.2, 0.25) is 11.8 Å². The highest BCUT2D eigenvalue weighted by Gasteiger charge is 2.26.